The van der Waals surface area contributed by atoms with Crippen molar-refractivity contribution in [2.45, 2.75) is 19.4 Å². The Morgan fingerprint density at radius 2 is 1.44 bits per heavy atom. The number of thiocarbonyl (C=S) groups is 1. The first-order valence-electron chi connectivity index (χ1n) is 9.80. The van der Waals surface area contributed by atoms with Gasteiger partial charge in [-0.25, -0.2) is 4.79 Å². The first-order valence-corrected chi connectivity index (χ1v) is 11.3. The maximum atomic E-state index is 12.5. The van der Waals surface area contributed by atoms with Gasteiger partial charge in [0.25, 0.3) is 5.91 Å². The zero-order valence-electron chi connectivity index (χ0n) is 17.4. The number of benzene rings is 3. The molecule has 10 heteroatoms. The van der Waals surface area contributed by atoms with E-state index >= 15 is 0 Å². The Bertz CT molecular complexity index is 1180. The minimum absolute atomic E-state index is 0. The topological polar surface area (TPSA) is 78.4 Å². The number of carbonyl (C=O) groups is 2. The number of aryl methyl sites for hydroxylation is 1. The van der Waals surface area contributed by atoms with Crippen molar-refractivity contribution in [2.24, 2.45) is 0 Å². The summed E-state index contributed by atoms with van der Waals surface area (Å²) in [4.78, 5) is 24.6. The Morgan fingerprint density at radius 3 is 1.97 bits per heavy atom. The second-order valence-electron chi connectivity index (χ2n) is 7.25. The second kappa shape index (κ2) is 12.9. The summed E-state index contributed by atoms with van der Waals surface area (Å²) < 4.78 is 0. The molecule has 5 nitrogen and oxygen atoms in total. The Morgan fingerprint density at radius 1 is 0.912 bits per heavy atom. The summed E-state index contributed by atoms with van der Waals surface area (Å²) in [5.74, 6) is -1.49. The van der Waals surface area contributed by atoms with E-state index in [4.69, 9.17) is 47.0 Å². The number of carboxylic acids is 1. The van der Waals surface area contributed by atoms with Crippen LogP contribution in [-0.2, 0) is 11.2 Å². The Labute approximate surface area is 240 Å². The van der Waals surface area contributed by atoms with Crippen molar-refractivity contribution in [2.75, 3.05) is 5.32 Å². The van der Waals surface area contributed by atoms with E-state index in [9.17, 15) is 14.7 Å². The molecule has 0 fully saturated rings. The van der Waals surface area contributed by atoms with Crippen molar-refractivity contribution < 1.29 is 14.7 Å². The van der Waals surface area contributed by atoms with Gasteiger partial charge in [0.05, 0.1) is 20.6 Å². The van der Waals surface area contributed by atoms with E-state index in [2.05, 4.69) is 10.6 Å². The first kappa shape index (κ1) is 28.6. The number of hydrogen-bond donors (Lipinski definition) is 3. The molecule has 0 unspecified atom stereocenters. The number of nitrogens with one attached hydrogen (secondary N) is 2. The van der Waals surface area contributed by atoms with E-state index in [-0.39, 0.29) is 56.6 Å². The molecule has 0 aromatic heterocycles. The standard InChI is InChI=1S/C24H19Cl3N2O3S.Na.H/c1-13-4-2-5-16(25)20(13)23(33)29-19(24(31)32)12-14-8-10-15(11-9-14)28-22(30)21-17(26)6-3-7-18(21)27;;/h2-11,19H,12H2,1H3,(H,28,30)(H,29,33)(H,31,32);;/t19-;;/m0../s1. The molecule has 0 saturated carbocycles. The van der Waals surface area contributed by atoms with Gasteiger partial charge in [-0.2, -0.15) is 0 Å². The molecular weight excluding hydrogens is 526 g/mol. The molecule has 0 aliphatic heterocycles. The summed E-state index contributed by atoms with van der Waals surface area (Å²) in [6.07, 6.45) is 0.170. The molecule has 0 bridgehead atoms. The fourth-order valence-electron chi connectivity index (χ4n) is 3.22. The van der Waals surface area contributed by atoms with Crippen LogP contribution in [0.15, 0.2) is 60.7 Å². The molecule has 0 aliphatic rings. The number of amides is 1. The van der Waals surface area contributed by atoms with Crippen LogP contribution in [0.5, 0.6) is 0 Å². The van der Waals surface area contributed by atoms with Gasteiger partial charge in [-0.3, -0.25) is 4.79 Å². The maximum absolute atomic E-state index is 12.5. The molecule has 0 spiro atoms. The molecule has 0 radical (unpaired) electrons. The third kappa shape index (κ3) is 7.18. The number of aliphatic carboxylic acids is 1. The van der Waals surface area contributed by atoms with Gasteiger partial charge in [0.2, 0.25) is 0 Å². The van der Waals surface area contributed by atoms with Crippen LogP contribution in [0.1, 0.15) is 27.0 Å². The Kier molecular flexibility index (Phi) is 10.8. The molecular formula is C24H20Cl3N2NaO3S. The minimum atomic E-state index is -1.05. The van der Waals surface area contributed by atoms with Gasteiger partial charge in [0, 0.05) is 17.7 Å². The SMILES string of the molecule is Cc1cccc(Cl)c1C(=S)N[C@@H](Cc1ccc(NC(=O)c2c(Cl)cccc2Cl)cc1)C(=O)O.[NaH]. The number of halogens is 3. The Hall–Kier alpha value is -1.64. The molecule has 3 aromatic carbocycles. The molecule has 1 atom stereocenters. The second-order valence-corrected chi connectivity index (χ2v) is 8.88. The average Bonchev–Trinajstić information content (AvgIpc) is 2.74. The van der Waals surface area contributed by atoms with Crippen LogP contribution in [0.2, 0.25) is 15.1 Å². The molecule has 0 aliphatic carbocycles. The summed E-state index contributed by atoms with van der Waals surface area (Å²) >= 11 is 23.8. The molecule has 3 rings (SSSR count). The molecule has 1 amide bonds. The van der Waals surface area contributed by atoms with Gasteiger partial charge in [-0.1, -0.05) is 77.4 Å². The number of carbonyl (C=O) groups excluding carboxylic acids is 1. The quantitative estimate of drug-likeness (QED) is 0.269. The fraction of sp³-hybridized carbons (Fsp3) is 0.125. The van der Waals surface area contributed by atoms with Gasteiger partial charge >= 0.3 is 35.5 Å². The van der Waals surface area contributed by atoms with E-state index in [1.165, 1.54) is 0 Å². The van der Waals surface area contributed by atoms with E-state index in [1.807, 2.05) is 13.0 Å². The van der Waals surface area contributed by atoms with Crippen LogP contribution >= 0.6 is 47.0 Å². The molecule has 172 valence electrons. The zero-order valence-corrected chi connectivity index (χ0v) is 20.4. The van der Waals surface area contributed by atoms with Gasteiger partial charge in [-0.05, 0) is 48.4 Å². The summed E-state index contributed by atoms with van der Waals surface area (Å²) in [7, 11) is 0. The van der Waals surface area contributed by atoms with Crippen LogP contribution in [-0.4, -0.2) is 57.6 Å². The van der Waals surface area contributed by atoms with Gasteiger partial charge in [0.1, 0.15) is 11.0 Å². The van der Waals surface area contributed by atoms with E-state index in [0.717, 1.165) is 11.1 Å². The molecule has 0 heterocycles. The number of hydrogen-bond acceptors (Lipinski definition) is 3. The first-order chi connectivity index (χ1) is 15.7. The number of rotatable bonds is 7. The normalized spacial score (nSPS) is 11.2. The van der Waals surface area contributed by atoms with Gasteiger partial charge < -0.3 is 15.7 Å². The molecule has 3 N–H and O–H groups in total. The molecule has 0 saturated heterocycles. The van der Waals surface area contributed by atoms with Crippen molar-refractivity contribution in [3.8, 4) is 0 Å². The summed E-state index contributed by atoms with van der Waals surface area (Å²) in [5, 5.41) is 16.3. The van der Waals surface area contributed by atoms with Crippen molar-refractivity contribution in [1.29, 1.82) is 0 Å². The summed E-state index contributed by atoms with van der Waals surface area (Å²) in [5.41, 5.74) is 2.90. The van der Waals surface area contributed by atoms with Crippen LogP contribution < -0.4 is 10.6 Å². The predicted octanol–water partition coefficient (Wildman–Crippen LogP) is 5.52. The number of carboxylic acid groups (broad SMARTS) is 1. The van der Waals surface area contributed by atoms with E-state index in [1.54, 1.807) is 54.6 Å². The van der Waals surface area contributed by atoms with Crippen LogP contribution in [0.25, 0.3) is 0 Å². The summed E-state index contributed by atoms with van der Waals surface area (Å²) in [6, 6.07) is 16.0. The Balaban J connectivity index is 0.00000408. The third-order valence-corrected chi connectivity index (χ3v) is 6.16. The fourth-order valence-corrected chi connectivity index (χ4v) is 4.57. The molecule has 34 heavy (non-hydrogen) atoms. The number of anilines is 1. The van der Waals surface area contributed by atoms with E-state index in [0.29, 0.717) is 16.3 Å². The van der Waals surface area contributed by atoms with Crippen LogP contribution in [0, 0.1) is 6.92 Å². The average molecular weight is 546 g/mol. The zero-order chi connectivity index (χ0) is 24.1. The van der Waals surface area contributed by atoms with Gasteiger partial charge in [-0.15, -0.1) is 0 Å². The van der Waals surface area contributed by atoms with E-state index < -0.39 is 17.9 Å². The van der Waals surface area contributed by atoms with Crippen molar-refractivity contribution in [3.05, 3.63) is 98.0 Å². The summed E-state index contributed by atoms with van der Waals surface area (Å²) in [6.45, 7) is 1.85. The predicted molar refractivity (Wildman–Crippen MR) is 144 cm³/mol. The van der Waals surface area contributed by atoms with Crippen molar-refractivity contribution in [1.82, 2.24) is 5.32 Å². The van der Waals surface area contributed by atoms with Gasteiger partial charge in [0.15, 0.2) is 0 Å². The third-order valence-electron chi connectivity index (χ3n) is 4.89. The van der Waals surface area contributed by atoms with Crippen molar-refractivity contribution >= 4 is 99.1 Å². The van der Waals surface area contributed by atoms with Crippen LogP contribution in [0.4, 0.5) is 5.69 Å². The molecule has 3 aromatic rings. The van der Waals surface area contributed by atoms with Crippen LogP contribution in [0.3, 0.4) is 0 Å². The monoisotopic (exact) mass is 544 g/mol. The van der Waals surface area contributed by atoms with Crippen molar-refractivity contribution in [3.63, 3.8) is 0 Å².